The molecule has 0 aromatic carbocycles. The Morgan fingerprint density at radius 3 is 2.80 bits per heavy atom. The van der Waals surface area contributed by atoms with E-state index in [0.717, 1.165) is 19.6 Å². The number of likely N-dealkylation sites (N-methyl/N-ethyl adjacent to an activating group) is 2. The van der Waals surface area contributed by atoms with Crippen LogP contribution in [0.15, 0.2) is 0 Å². The lowest BCUT2D eigenvalue weighted by molar-refractivity contribution is -0.148. The summed E-state index contributed by atoms with van der Waals surface area (Å²) < 4.78 is 0. The van der Waals surface area contributed by atoms with E-state index < -0.39 is 0 Å². The van der Waals surface area contributed by atoms with Crippen LogP contribution in [-0.4, -0.2) is 60.5 Å². The van der Waals surface area contributed by atoms with Crippen molar-refractivity contribution in [2.75, 3.05) is 26.7 Å². The standard InChI is InChI=1S/C11H21N3O/c1-4-14-8(2)11(15)13-6-9(12-3)5-10(14)7-13/h8-10,12H,4-7H2,1-3H3/t8?,9?,10-/m0/s1. The lowest BCUT2D eigenvalue weighted by atomic mass is 9.94. The van der Waals surface area contributed by atoms with Crippen molar-refractivity contribution in [2.24, 2.45) is 0 Å². The van der Waals surface area contributed by atoms with E-state index in [1.54, 1.807) is 0 Å². The summed E-state index contributed by atoms with van der Waals surface area (Å²) in [5, 5.41) is 3.29. The molecule has 1 amide bonds. The van der Waals surface area contributed by atoms with Gasteiger partial charge in [0.25, 0.3) is 0 Å². The quantitative estimate of drug-likeness (QED) is 0.693. The van der Waals surface area contributed by atoms with E-state index in [4.69, 9.17) is 0 Å². The van der Waals surface area contributed by atoms with Gasteiger partial charge in [-0.25, -0.2) is 0 Å². The van der Waals surface area contributed by atoms with Crippen molar-refractivity contribution >= 4 is 5.91 Å². The molecule has 0 saturated carbocycles. The molecule has 0 radical (unpaired) electrons. The van der Waals surface area contributed by atoms with Crippen LogP contribution in [0.2, 0.25) is 0 Å². The molecule has 3 atom stereocenters. The number of amides is 1. The highest BCUT2D eigenvalue weighted by Crippen LogP contribution is 2.24. The molecule has 2 aliphatic rings. The lowest BCUT2D eigenvalue weighted by Crippen LogP contribution is -2.66. The topological polar surface area (TPSA) is 35.6 Å². The summed E-state index contributed by atoms with van der Waals surface area (Å²) >= 11 is 0. The van der Waals surface area contributed by atoms with Crippen molar-refractivity contribution < 1.29 is 4.79 Å². The molecule has 2 fully saturated rings. The summed E-state index contributed by atoms with van der Waals surface area (Å²) in [6, 6.07) is 1.09. The maximum absolute atomic E-state index is 12.0. The second-order valence-electron chi connectivity index (χ2n) is 4.62. The fraction of sp³-hybridized carbons (Fsp3) is 0.909. The third-order valence-electron chi connectivity index (χ3n) is 3.84. The van der Waals surface area contributed by atoms with Gasteiger partial charge in [-0.2, -0.15) is 0 Å². The maximum Gasteiger partial charge on any atom is 0.239 e. The van der Waals surface area contributed by atoms with E-state index in [1.807, 2.05) is 18.9 Å². The van der Waals surface area contributed by atoms with Crippen molar-refractivity contribution in [3.63, 3.8) is 0 Å². The van der Waals surface area contributed by atoms with E-state index in [2.05, 4.69) is 17.1 Å². The van der Waals surface area contributed by atoms with Gasteiger partial charge in [0.15, 0.2) is 0 Å². The van der Waals surface area contributed by atoms with Crippen molar-refractivity contribution in [3.8, 4) is 0 Å². The van der Waals surface area contributed by atoms with Gasteiger partial charge in [-0.15, -0.1) is 0 Å². The van der Waals surface area contributed by atoms with Crippen LogP contribution >= 0.6 is 0 Å². The Kier molecular flexibility index (Phi) is 2.98. The second-order valence-corrected chi connectivity index (χ2v) is 4.62. The molecule has 0 spiro atoms. The number of piperazine rings is 1. The van der Waals surface area contributed by atoms with Crippen LogP contribution in [0, 0.1) is 0 Å². The first-order chi connectivity index (χ1) is 7.17. The van der Waals surface area contributed by atoms with Gasteiger partial charge in [0, 0.05) is 25.2 Å². The number of hydrogen-bond acceptors (Lipinski definition) is 3. The van der Waals surface area contributed by atoms with Crippen LogP contribution in [-0.2, 0) is 4.79 Å². The number of nitrogens with zero attached hydrogens (tertiary/aromatic N) is 2. The number of hydrogen-bond donors (Lipinski definition) is 1. The second kappa shape index (κ2) is 4.10. The minimum Gasteiger partial charge on any atom is -0.338 e. The van der Waals surface area contributed by atoms with Gasteiger partial charge in [0.1, 0.15) is 0 Å². The first-order valence-electron chi connectivity index (χ1n) is 5.89. The molecule has 4 heteroatoms. The molecule has 2 rings (SSSR count). The third kappa shape index (κ3) is 1.76. The van der Waals surface area contributed by atoms with Gasteiger partial charge >= 0.3 is 0 Å². The molecule has 2 bridgehead atoms. The molecular weight excluding hydrogens is 190 g/mol. The number of carbonyl (C=O) groups is 1. The van der Waals surface area contributed by atoms with Gasteiger partial charge in [0.05, 0.1) is 6.04 Å². The van der Waals surface area contributed by atoms with Crippen molar-refractivity contribution in [3.05, 3.63) is 0 Å². The summed E-state index contributed by atoms with van der Waals surface area (Å²) in [4.78, 5) is 16.4. The zero-order valence-electron chi connectivity index (χ0n) is 9.86. The summed E-state index contributed by atoms with van der Waals surface area (Å²) in [5.41, 5.74) is 0. The van der Waals surface area contributed by atoms with E-state index in [9.17, 15) is 4.79 Å². The number of rotatable bonds is 2. The number of nitrogens with one attached hydrogen (secondary N) is 1. The molecule has 1 N–H and O–H groups in total. The predicted molar refractivity (Wildman–Crippen MR) is 59.7 cm³/mol. The van der Waals surface area contributed by atoms with E-state index in [0.29, 0.717) is 18.0 Å². The number of carbonyl (C=O) groups excluding carboxylic acids is 1. The Morgan fingerprint density at radius 2 is 2.20 bits per heavy atom. The molecule has 4 nitrogen and oxygen atoms in total. The monoisotopic (exact) mass is 211 g/mol. The number of piperidine rings is 1. The molecule has 0 aromatic rings. The average Bonchev–Trinajstić information content (AvgIpc) is 2.27. The van der Waals surface area contributed by atoms with Crippen LogP contribution < -0.4 is 5.32 Å². The molecule has 2 saturated heterocycles. The van der Waals surface area contributed by atoms with E-state index in [-0.39, 0.29) is 6.04 Å². The van der Waals surface area contributed by atoms with Gasteiger partial charge in [0.2, 0.25) is 5.91 Å². The molecule has 0 aliphatic carbocycles. The van der Waals surface area contributed by atoms with Gasteiger partial charge in [-0.1, -0.05) is 6.92 Å². The van der Waals surface area contributed by atoms with Gasteiger partial charge in [-0.3, -0.25) is 9.69 Å². The van der Waals surface area contributed by atoms with Crippen LogP contribution in [0.5, 0.6) is 0 Å². The highest BCUT2D eigenvalue weighted by Gasteiger charge is 2.41. The summed E-state index contributed by atoms with van der Waals surface area (Å²) in [6.45, 7) is 6.96. The summed E-state index contributed by atoms with van der Waals surface area (Å²) in [6.07, 6.45) is 1.17. The molecule has 2 unspecified atom stereocenters. The fourth-order valence-electron chi connectivity index (χ4n) is 2.96. The SMILES string of the molecule is CCN1C(C)C(=O)N2CC(NC)C[C@H]1C2. The van der Waals surface area contributed by atoms with Crippen molar-refractivity contribution in [2.45, 2.75) is 38.4 Å². The lowest BCUT2D eigenvalue weighted by Gasteiger charge is -2.50. The smallest absolute Gasteiger partial charge is 0.239 e. The first-order valence-corrected chi connectivity index (χ1v) is 5.89. The largest absolute Gasteiger partial charge is 0.338 e. The Bertz CT molecular complexity index is 256. The van der Waals surface area contributed by atoms with Crippen LogP contribution in [0.25, 0.3) is 0 Å². The van der Waals surface area contributed by atoms with E-state index >= 15 is 0 Å². The molecular formula is C11H21N3O. The zero-order valence-corrected chi connectivity index (χ0v) is 9.86. The Hall–Kier alpha value is -0.610. The van der Waals surface area contributed by atoms with Crippen molar-refractivity contribution in [1.82, 2.24) is 15.1 Å². The van der Waals surface area contributed by atoms with Gasteiger partial charge < -0.3 is 10.2 Å². The molecule has 15 heavy (non-hydrogen) atoms. The molecule has 2 aliphatic heterocycles. The third-order valence-corrected chi connectivity index (χ3v) is 3.84. The predicted octanol–water partition coefficient (Wildman–Crippen LogP) is -0.101. The Balaban J connectivity index is 2.16. The normalized spacial score (nSPS) is 37.1. The summed E-state index contributed by atoms with van der Waals surface area (Å²) in [5.74, 6) is 0.299. The maximum atomic E-state index is 12.0. The van der Waals surface area contributed by atoms with Crippen LogP contribution in [0.3, 0.4) is 0 Å². The zero-order chi connectivity index (χ0) is 11.0. The molecule has 0 aromatic heterocycles. The first kappa shape index (κ1) is 10.9. The minimum atomic E-state index is 0.0755. The van der Waals surface area contributed by atoms with Gasteiger partial charge in [-0.05, 0) is 26.9 Å². The molecule has 2 heterocycles. The Morgan fingerprint density at radius 1 is 1.47 bits per heavy atom. The van der Waals surface area contributed by atoms with Crippen LogP contribution in [0.4, 0.5) is 0 Å². The Labute approximate surface area is 91.6 Å². The van der Waals surface area contributed by atoms with Crippen molar-refractivity contribution in [1.29, 1.82) is 0 Å². The number of fused-ring (bicyclic) bond motifs is 2. The summed E-state index contributed by atoms with van der Waals surface area (Å²) in [7, 11) is 1.98. The van der Waals surface area contributed by atoms with E-state index in [1.165, 1.54) is 6.42 Å². The fourth-order valence-corrected chi connectivity index (χ4v) is 2.96. The minimum absolute atomic E-state index is 0.0755. The molecule has 86 valence electrons. The highest BCUT2D eigenvalue weighted by atomic mass is 16.2. The van der Waals surface area contributed by atoms with Crippen LogP contribution in [0.1, 0.15) is 20.3 Å². The average molecular weight is 211 g/mol. The highest BCUT2D eigenvalue weighted by molar-refractivity contribution is 5.82.